The van der Waals surface area contributed by atoms with Gasteiger partial charge < -0.3 is 9.88 Å². The molecular formula is C11H12N4OS. The van der Waals surface area contributed by atoms with Gasteiger partial charge in [0.1, 0.15) is 0 Å². The molecule has 0 spiro atoms. The molecule has 0 aromatic carbocycles. The number of hydrogen-bond donors (Lipinski definition) is 1. The highest BCUT2D eigenvalue weighted by atomic mass is 32.1. The number of aromatic nitrogens is 3. The van der Waals surface area contributed by atoms with E-state index in [1.54, 1.807) is 18.0 Å². The molecule has 3 heterocycles. The zero-order valence-electron chi connectivity index (χ0n) is 9.22. The molecule has 0 bridgehead atoms. The van der Waals surface area contributed by atoms with Crippen molar-refractivity contribution in [2.75, 3.05) is 6.54 Å². The van der Waals surface area contributed by atoms with Gasteiger partial charge in [-0.05, 0) is 0 Å². The third-order valence-electron chi connectivity index (χ3n) is 2.94. The van der Waals surface area contributed by atoms with E-state index in [0.717, 1.165) is 29.2 Å². The normalized spacial score (nSPS) is 14.7. The van der Waals surface area contributed by atoms with E-state index >= 15 is 0 Å². The molecule has 1 aliphatic rings. The van der Waals surface area contributed by atoms with Gasteiger partial charge in [-0.25, -0.2) is 4.98 Å². The lowest BCUT2D eigenvalue weighted by Crippen LogP contribution is -2.36. The summed E-state index contributed by atoms with van der Waals surface area (Å²) in [6.45, 7) is 1.41. The third kappa shape index (κ3) is 2.08. The molecule has 88 valence electrons. The number of rotatable bonds is 2. The summed E-state index contributed by atoms with van der Waals surface area (Å²) < 4.78 is 0. The van der Waals surface area contributed by atoms with Gasteiger partial charge in [-0.15, -0.1) is 11.3 Å². The monoisotopic (exact) mass is 248 g/mol. The predicted octanol–water partition coefficient (Wildman–Crippen LogP) is 0.994. The predicted molar refractivity (Wildman–Crippen MR) is 63.5 cm³/mol. The first-order chi connectivity index (χ1) is 8.33. The SMILES string of the molecule is O=C(Cc1cncs1)N1CCc2nc[nH]c2C1. The molecule has 1 amide bonds. The van der Waals surface area contributed by atoms with Gasteiger partial charge >= 0.3 is 0 Å². The molecule has 0 unspecified atom stereocenters. The third-order valence-corrected chi connectivity index (χ3v) is 3.72. The highest BCUT2D eigenvalue weighted by Gasteiger charge is 2.22. The zero-order valence-corrected chi connectivity index (χ0v) is 10.0. The van der Waals surface area contributed by atoms with E-state index in [9.17, 15) is 4.79 Å². The van der Waals surface area contributed by atoms with E-state index in [2.05, 4.69) is 15.0 Å². The number of thiazole rings is 1. The zero-order chi connectivity index (χ0) is 11.7. The number of H-pyrrole nitrogens is 1. The van der Waals surface area contributed by atoms with Crippen LogP contribution in [0.4, 0.5) is 0 Å². The van der Waals surface area contributed by atoms with Crippen LogP contribution in [0.2, 0.25) is 0 Å². The van der Waals surface area contributed by atoms with Gasteiger partial charge in [0, 0.05) is 24.0 Å². The van der Waals surface area contributed by atoms with Gasteiger partial charge in [0.25, 0.3) is 0 Å². The molecule has 0 atom stereocenters. The standard InChI is InChI=1S/C11H12N4OS/c16-11(3-8-4-12-7-17-8)15-2-1-9-10(5-15)14-6-13-9/h4,6-7H,1-3,5H2,(H,13,14). The first-order valence-corrected chi connectivity index (χ1v) is 6.37. The first-order valence-electron chi connectivity index (χ1n) is 5.49. The van der Waals surface area contributed by atoms with Crippen molar-refractivity contribution in [3.05, 3.63) is 34.3 Å². The second-order valence-corrected chi connectivity index (χ2v) is 5.01. The number of fused-ring (bicyclic) bond motifs is 1. The fraction of sp³-hybridized carbons (Fsp3) is 0.364. The van der Waals surface area contributed by atoms with Gasteiger partial charge in [0.05, 0.1) is 36.2 Å². The number of nitrogens with one attached hydrogen (secondary N) is 1. The molecule has 1 aliphatic heterocycles. The van der Waals surface area contributed by atoms with E-state index in [1.165, 1.54) is 11.3 Å². The molecule has 3 rings (SSSR count). The van der Waals surface area contributed by atoms with Crippen molar-refractivity contribution in [2.24, 2.45) is 0 Å². The maximum atomic E-state index is 12.1. The average Bonchev–Trinajstić information content (AvgIpc) is 2.97. The van der Waals surface area contributed by atoms with Gasteiger partial charge in [-0.3, -0.25) is 9.78 Å². The van der Waals surface area contributed by atoms with E-state index < -0.39 is 0 Å². The first kappa shape index (κ1) is 10.5. The second kappa shape index (κ2) is 4.29. The maximum absolute atomic E-state index is 12.1. The Morgan fingerprint density at radius 1 is 1.59 bits per heavy atom. The average molecular weight is 248 g/mol. The van der Waals surface area contributed by atoms with Gasteiger partial charge in [0.15, 0.2) is 0 Å². The Morgan fingerprint density at radius 2 is 2.53 bits per heavy atom. The van der Waals surface area contributed by atoms with Crippen molar-refractivity contribution in [2.45, 2.75) is 19.4 Å². The van der Waals surface area contributed by atoms with Gasteiger partial charge in [-0.2, -0.15) is 0 Å². The summed E-state index contributed by atoms with van der Waals surface area (Å²) in [5.74, 6) is 0.162. The smallest absolute Gasteiger partial charge is 0.228 e. The molecule has 2 aromatic rings. The van der Waals surface area contributed by atoms with Crippen LogP contribution in [-0.2, 0) is 24.2 Å². The van der Waals surface area contributed by atoms with Crippen molar-refractivity contribution in [1.29, 1.82) is 0 Å². The van der Waals surface area contributed by atoms with Crippen molar-refractivity contribution >= 4 is 17.2 Å². The topological polar surface area (TPSA) is 61.9 Å². The number of nitrogens with zero attached hydrogens (tertiary/aromatic N) is 3. The summed E-state index contributed by atoms with van der Waals surface area (Å²) in [6.07, 6.45) is 4.75. The largest absolute Gasteiger partial charge is 0.347 e. The lowest BCUT2D eigenvalue weighted by molar-refractivity contribution is -0.131. The fourth-order valence-corrected chi connectivity index (χ4v) is 2.60. The number of carbonyl (C=O) groups is 1. The lowest BCUT2D eigenvalue weighted by Gasteiger charge is -2.26. The van der Waals surface area contributed by atoms with Gasteiger partial charge in [-0.1, -0.05) is 0 Å². The van der Waals surface area contributed by atoms with E-state index in [0.29, 0.717) is 13.0 Å². The van der Waals surface area contributed by atoms with Crippen LogP contribution in [-0.4, -0.2) is 32.3 Å². The highest BCUT2D eigenvalue weighted by Crippen LogP contribution is 2.16. The quantitative estimate of drug-likeness (QED) is 0.862. The van der Waals surface area contributed by atoms with Crippen LogP contribution in [0, 0.1) is 0 Å². The Kier molecular flexibility index (Phi) is 2.64. The lowest BCUT2D eigenvalue weighted by atomic mass is 10.1. The minimum absolute atomic E-state index is 0.162. The van der Waals surface area contributed by atoms with Crippen LogP contribution in [0.15, 0.2) is 18.0 Å². The Hall–Kier alpha value is -1.69. The number of imidazole rings is 1. The Balaban J connectivity index is 1.68. The van der Waals surface area contributed by atoms with Gasteiger partial charge in [0.2, 0.25) is 5.91 Å². The van der Waals surface area contributed by atoms with E-state index in [4.69, 9.17) is 0 Å². The number of carbonyl (C=O) groups excluding carboxylic acids is 1. The number of amides is 1. The Morgan fingerprint density at radius 3 is 3.35 bits per heavy atom. The molecule has 17 heavy (non-hydrogen) atoms. The molecule has 1 N–H and O–H groups in total. The van der Waals surface area contributed by atoms with Crippen molar-refractivity contribution in [3.63, 3.8) is 0 Å². The minimum Gasteiger partial charge on any atom is -0.347 e. The van der Waals surface area contributed by atoms with Crippen LogP contribution in [0.5, 0.6) is 0 Å². The van der Waals surface area contributed by atoms with Crippen LogP contribution in [0.1, 0.15) is 16.3 Å². The van der Waals surface area contributed by atoms with Crippen LogP contribution in [0.3, 0.4) is 0 Å². The summed E-state index contributed by atoms with van der Waals surface area (Å²) in [7, 11) is 0. The molecule has 0 fully saturated rings. The summed E-state index contributed by atoms with van der Waals surface area (Å²) >= 11 is 1.52. The summed E-state index contributed by atoms with van der Waals surface area (Å²) in [6, 6.07) is 0. The van der Waals surface area contributed by atoms with E-state index in [-0.39, 0.29) is 5.91 Å². The van der Waals surface area contributed by atoms with Crippen LogP contribution in [0.25, 0.3) is 0 Å². The molecule has 2 aromatic heterocycles. The maximum Gasteiger partial charge on any atom is 0.228 e. The number of aromatic amines is 1. The molecule has 5 nitrogen and oxygen atoms in total. The van der Waals surface area contributed by atoms with E-state index in [1.807, 2.05) is 4.90 Å². The molecule has 0 saturated heterocycles. The van der Waals surface area contributed by atoms with Crippen LogP contribution >= 0.6 is 11.3 Å². The minimum atomic E-state index is 0.162. The van der Waals surface area contributed by atoms with Crippen molar-refractivity contribution < 1.29 is 4.79 Å². The van der Waals surface area contributed by atoms with Crippen LogP contribution < -0.4 is 0 Å². The molecular weight excluding hydrogens is 236 g/mol. The Labute approximate surface area is 103 Å². The summed E-state index contributed by atoms with van der Waals surface area (Å²) in [5.41, 5.74) is 3.91. The van der Waals surface area contributed by atoms with Crippen molar-refractivity contribution in [1.82, 2.24) is 19.9 Å². The molecule has 6 heteroatoms. The fourth-order valence-electron chi connectivity index (χ4n) is 2.02. The Bertz CT molecular complexity index is 519. The summed E-state index contributed by atoms with van der Waals surface area (Å²) in [5, 5.41) is 0. The summed E-state index contributed by atoms with van der Waals surface area (Å²) in [4.78, 5) is 26.3. The molecule has 0 radical (unpaired) electrons. The highest BCUT2D eigenvalue weighted by molar-refractivity contribution is 7.09. The molecule has 0 aliphatic carbocycles. The van der Waals surface area contributed by atoms with Crippen molar-refractivity contribution in [3.8, 4) is 0 Å². The number of hydrogen-bond acceptors (Lipinski definition) is 4. The molecule has 0 saturated carbocycles. The second-order valence-electron chi connectivity index (χ2n) is 4.04.